The Hall–Kier alpha value is -5.15. The van der Waals surface area contributed by atoms with Crippen molar-refractivity contribution >= 4 is 40.8 Å². The molecule has 0 aliphatic carbocycles. The molecule has 3 aliphatic heterocycles. The average Bonchev–Trinajstić information content (AvgIpc) is 3.56. The van der Waals surface area contributed by atoms with Crippen molar-refractivity contribution in [2.24, 2.45) is 4.99 Å². The molecule has 0 aromatic heterocycles. The van der Waals surface area contributed by atoms with E-state index in [9.17, 15) is 19.7 Å². The maximum absolute atomic E-state index is 13.1. The summed E-state index contributed by atoms with van der Waals surface area (Å²) in [6.45, 7) is 7.71. The molecule has 244 valence electrons. The highest BCUT2D eigenvalue weighted by Crippen LogP contribution is 2.38. The smallest absolute Gasteiger partial charge is 0.282 e. The molecular formula is C38H42N4O5. The molecule has 9 heteroatoms. The number of aryl methyl sites for hydroxylation is 4. The lowest BCUT2D eigenvalue weighted by Crippen LogP contribution is -2.39. The summed E-state index contributed by atoms with van der Waals surface area (Å²) < 4.78 is 5.44. The molecule has 0 saturated heterocycles. The summed E-state index contributed by atoms with van der Waals surface area (Å²) in [5.41, 5.74) is 9.27. The molecule has 0 fully saturated rings. The highest BCUT2D eigenvalue weighted by atomic mass is 16.6. The fourth-order valence-corrected chi connectivity index (χ4v) is 6.20. The Bertz CT molecular complexity index is 1900. The molecule has 47 heavy (non-hydrogen) atoms. The van der Waals surface area contributed by atoms with E-state index in [-0.39, 0.29) is 38.1 Å². The molecule has 2 atom stereocenters. The monoisotopic (exact) mass is 634 g/mol. The fourth-order valence-electron chi connectivity index (χ4n) is 6.20. The molecule has 0 N–H and O–H groups in total. The average molecular weight is 635 g/mol. The van der Waals surface area contributed by atoms with Gasteiger partial charge >= 0.3 is 0 Å². The molecule has 7 rings (SSSR count). The fraction of sp³-hybridized carbons (Fsp3) is 0.289. The lowest BCUT2D eigenvalue weighted by atomic mass is 10.0. The van der Waals surface area contributed by atoms with Crippen LogP contribution >= 0.6 is 0 Å². The zero-order valence-corrected chi connectivity index (χ0v) is 25.9. The minimum absolute atomic E-state index is 0. The molecule has 9 nitrogen and oxygen atoms in total. The lowest BCUT2D eigenvalue weighted by molar-refractivity contribution is -0.385. The predicted molar refractivity (Wildman–Crippen MR) is 189 cm³/mol. The van der Waals surface area contributed by atoms with E-state index in [1.54, 1.807) is 13.0 Å². The number of fused-ring (bicyclic) bond motifs is 5. The number of rotatable bonds is 3. The minimum Gasteiger partial charge on any atom is -0.361 e. The van der Waals surface area contributed by atoms with E-state index in [2.05, 4.69) is 18.0 Å². The van der Waals surface area contributed by atoms with Gasteiger partial charge in [-0.15, -0.1) is 0 Å². The Labute approximate surface area is 276 Å². The molecule has 0 spiro atoms. The van der Waals surface area contributed by atoms with Gasteiger partial charge in [0, 0.05) is 37.9 Å². The highest BCUT2D eigenvalue weighted by molar-refractivity contribution is 6.14. The second-order valence-corrected chi connectivity index (χ2v) is 11.7. The van der Waals surface area contributed by atoms with Crippen molar-refractivity contribution in [3.8, 4) is 0 Å². The largest absolute Gasteiger partial charge is 0.361 e. The molecule has 4 aromatic rings. The first-order valence-electron chi connectivity index (χ1n) is 14.9. The summed E-state index contributed by atoms with van der Waals surface area (Å²) in [5.74, 6) is -0.359. The van der Waals surface area contributed by atoms with Crippen LogP contribution in [0.25, 0.3) is 0 Å². The number of methoxy groups -OCH3 is 1. The summed E-state index contributed by atoms with van der Waals surface area (Å²) in [6, 6.07) is 22.7. The van der Waals surface area contributed by atoms with Crippen LogP contribution in [0.1, 0.15) is 68.9 Å². The number of hydrogen-bond donors (Lipinski definition) is 0. The number of ether oxygens (including phenoxy) is 1. The summed E-state index contributed by atoms with van der Waals surface area (Å²) in [7, 11) is 1.53. The number of carbonyl (C=O) groups is 2. The van der Waals surface area contributed by atoms with Crippen molar-refractivity contribution < 1.29 is 19.2 Å². The zero-order chi connectivity index (χ0) is 32.0. The molecule has 1 unspecified atom stereocenters. The summed E-state index contributed by atoms with van der Waals surface area (Å²) in [5, 5.41) is 11.4. The second-order valence-electron chi connectivity index (χ2n) is 11.7. The van der Waals surface area contributed by atoms with Crippen LogP contribution in [0.2, 0.25) is 0 Å². The number of nitro benzene ring substituents is 1. The van der Waals surface area contributed by atoms with Crippen molar-refractivity contribution in [1.29, 1.82) is 0 Å². The highest BCUT2D eigenvalue weighted by Gasteiger charge is 2.38. The first-order chi connectivity index (χ1) is 21.6. The predicted octanol–water partition coefficient (Wildman–Crippen LogP) is 8.25. The van der Waals surface area contributed by atoms with Crippen molar-refractivity contribution in [2.45, 2.75) is 67.7 Å². The van der Waals surface area contributed by atoms with Gasteiger partial charge in [-0.3, -0.25) is 34.5 Å². The molecule has 3 aliphatic rings. The van der Waals surface area contributed by atoms with Gasteiger partial charge in [0.15, 0.2) is 0 Å². The summed E-state index contributed by atoms with van der Waals surface area (Å²) in [4.78, 5) is 45.0. The van der Waals surface area contributed by atoms with Crippen molar-refractivity contribution in [2.75, 3.05) is 16.9 Å². The maximum atomic E-state index is 13.1. The number of benzene rings is 4. The summed E-state index contributed by atoms with van der Waals surface area (Å²) in [6.07, 6.45) is 2.86. The van der Waals surface area contributed by atoms with Gasteiger partial charge in [0.25, 0.3) is 17.5 Å². The van der Waals surface area contributed by atoms with Crippen molar-refractivity contribution in [3.05, 3.63) is 127 Å². The molecule has 4 aromatic carbocycles. The van der Waals surface area contributed by atoms with Crippen molar-refractivity contribution in [1.82, 2.24) is 0 Å². The lowest BCUT2D eigenvalue weighted by Gasteiger charge is -2.24. The van der Waals surface area contributed by atoms with Crippen LogP contribution in [0.15, 0.2) is 77.8 Å². The van der Waals surface area contributed by atoms with Gasteiger partial charge in [-0.05, 0) is 91.4 Å². The van der Waals surface area contributed by atoms with Gasteiger partial charge in [0.05, 0.1) is 27.9 Å². The van der Waals surface area contributed by atoms with Crippen LogP contribution in [0.3, 0.4) is 0 Å². The quantitative estimate of drug-likeness (QED) is 0.167. The second kappa shape index (κ2) is 13.7. The zero-order valence-electron chi connectivity index (χ0n) is 25.9. The Morgan fingerprint density at radius 2 is 1.43 bits per heavy atom. The van der Waals surface area contributed by atoms with Crippen LogP contribution in [0.5, 0.6) is 0 Å². The first kappa shape index (κ1) is 34.7. The summed E-state index contributed by atoms with van der Waals surface area (Å²) >= 11 is 0. The van der Waals surface area contributed by atoms with Gasteiger partial charge < -0.3 is 4.74 Å². The topological polar surface area (TPSA) is 105 Å². The van der Waals surface area contributed by atoms with E-state index in [0.717, 1.165) is 45.7 Å². The Kier molecular flexibility index (Phi) is 10.1. The normalized spacial score (nSPS) is 16.7. The molecule has 3 heterocycles. The number of carbonyl (C=O) groups excluding carboxylic acids is 2. The molecule has 2 amide bonds. The van der Waals surface area contributed by atoms with E-state index in [0.29, 0.717) is 12.0 Å². The third-order valence-corrected chi connectivity index (χ3v) is 8.92. The Morgan fingerprint density at radius 1 is 0.851 bits per heavy atom. The van der Waals surface area contributed by atoms with E-state index in [1.165, 1.54) is 29.2 Å². The number of nitro groups is 1. The standard InChI is InChI=1S/C18H18N2O4.C18H16N2O.2CH4/c1-11-8-14(16(20(22)23)9-12(11)2)18(21)19-15-7-5-4-6-13(15)10-17(19)24-3;1-11-7-15-16(8-12(11)2)19-10-14-9-13-5-3-4-6-17(13)20(14)18(15)21;;/h4-9,17H,10H2,1-3H3;3-8,10,14H,9H2,1-2H3;2*1H4/t;14-;;/m.0../s1. The van der Waals surface area contributed by atoms with Crippen LogP contribution < -0.4 is 9.80 Å². The van der Waals surface area contributed by atoms with Gasteiger partial charge in [0.2, 0.25) is 0 Å². The third-order valence-electron chi connectivity index (χ3n) is 8.92. The Balaban J connectivity index is 0.000000205. The van der Waals surface area contributed by atoms with E-state index in [4.69, 9.17) is 4.74 Å². The SMILES string of the molecule is C.C.COC1Cc2ccccc2N1C(=O)c1cc(C)c(C)cc1[N+](=O)[O-].Cc1cc2c(cc1C)C(=O)N1c3ccccc3C[C@H]1C=N2. The number of amides is 2. The van der Waals surface area contributed by atoms with Crippen molar-refractivity contribution in [3.63, 3.8) is 0 Å². The van der Waals surface area contributed by atoms with E-state index in [1.807, 2.05) is 79.6 Å². The molecular weight excluding hydrogens is 592 g/mol. The van der Waals surface area contributed by atoms with Gasteiger partial charge in [-0.25, -0.2) is 0 Å². The number of para-hydroxylation sites is 2. The van der Waals surface area contributed by atoms with E-state index >= 15 is 0 Å². The first-order valence-corrected chi connectivity index (χ1v) is 14.9. The molecule has 0 radical (unpaired) electrons. The maximum Gasteiger partial charge on any atom is 0.282 e. The van der Waals surface area contributed by atoms with Gasteiger partial charge in [-0.1, -0.05) is 51.3 Å². The van der Waals surface area contributed by atoms with Gasteiger partial charge in [0.1, 0.15) is 11.8 Å². The van der Waals surface area contributed by atoms with Crippen LogP contribution in [-0.2, 0) is 17.6 Å². The molecule has 0 bridgehead atoms. The number of hydrogen-bond acceptors (Lipinski definition) is 6. The van der Waals surface area contributed by atoms with Crippen LogP contribution in [0.4, 0.5) is 22.7 Å². The van der Waals surface area contributed by atoms with E-state index < -0.39 is 17.1 Å². The molecule has 0 saturated carbocycles. The number of aliphatic imine (C=N–C) groups is 1. The third kappa shape index (κ3) is 6.18. The minimum atomic E-state index is -0.510. The Morgan fingerprint density at radius 3 is 2.09 bits per heavy atom. The van der Waals surface area contributed by atoms with Crippen LogP contribution in [0, 0.1) is 37.8 Å². The number of nitrogens with zero attached hydrogens (tertiary/aromatic N) is 4. The van der Waals surface area contributed by atoms with Gasteiger partial charge in [-0.2, -0.15) is 0 Å². The number of anilines is 2. The van der Waals surface area contributed by atoms with Crippen LogP contribution in [-0.4, -0.2) is 42.3 Å².